The third-order valence-corrected chi connectivity index (χ3v) is 6.69. The van der Waals surface area contributed by atoms with E-state index in [1.54, 1.807) is 6.92 Å². The summed E-state index contributed by atoms with van der Waals surface area (Å²) >= 11 is 1.45. The lowest BCUT2D eigenvalue weighted by molar-refractivity contribution is -0.117. The normalized spacial score (nSPS) is 14.4. The van der Waals surface area contributed by atoms with E-state index < -0.39 is 0 Å². The minimum atomic E-state index is -0.0368. The fraction of sp³-hybridized carbons (Fsp3) is 0.320. The molecule has 6 nitrogen and oxygen atoms in total. The van der Waals surface area contributed by atoms with Crippen molar-refractivity contribution >= 4 is 33.8 Å². The van der Waals surface area contributed by atoms with E-state index in [1.165, 1.54) is 22.5 Å². The van der Waals surface area contributed by atoms with E-state index >= 15 is 0 Å². The second-order valence-electron chi connectivity index (χ2n) is 8.25. The molecule has 0 aliphatic carbocycles. The predicted octanol–water partition coefficient (Wildman–Crippen LogP) is 4.39. The van der Waals surface area contributed by atoms with Gasteiger partial charge in [0, 0.05) is 48.4 Å². The molecule has 0 atom stereocenters. The number of anilines is 2. The molecule has 1 aliphatic rings. The number of carbonyl (C=O) groups is 2. The van der Waals surface area contributed by atoms with E-state index in [-0.39, 0.29) is 11.7 Å². The van der Waals surface area contributed by atoms with E-state index in [1.807, 2.05) is 29.6 Å². The first-order chi connectivity index (χ1) is 15.4. The molecule has 32 heavy (non-hydrogen) atoms. The number of nitrogens with zero attached hydrogens (tertiary/aromatic N) is 3. The molecule has 1 amide bonds. The highest BCUT2D eigenvalue weighted by Gasteiger charge is 2.20. The van der Waals surface area contributed by atoms with Gasteiger partial charge in [0.2, 0.25) is 5.91 Å². The summed E-state index contributed by atoms with van der Waals surface area (Å²) in [6, 6.07) is 14.0. The van der Waals surface area contributed by atoms with Gasteiger partial charge in [0.15, 0.2) is 10.9 Å². The average molecular weight is 449 g/mol. The number of piperazine rings is 1. The van der Waals surface area contributed by atoms with Crippen molar-refractivity contribution in [1.82, 2.24) is 9.88 Å². The molecule has 1 N–H and O–H groups in total. The largest absolute Gasteiger partial charge is 0.369 e. The van der Waals surface area contributed by atoms with Crippen molar-refractivity contribution in [1.29, 1.82) is 0 Å². The number of carbonyl (C=O) groups excluding carboxylic acids is 2. The van der Waals surface area contributed by atoms with Crippen LogP contribution < -0.4 is 10.2 Å². The predicted molar refractivity (Wildman–Crippen MR) is 131 cm³/mol. The van der Waals surface area contributed by atoms with Crippen molar-refractivity contribution in [3.63, 3.8) is 0 Å². The molecule has 0 unspecified atom stereocenters. The van der Waals surface area contributed by atoms with Gasteiger partial charge in [-0.1, -0.05) is 12.1 Å². The second kappa shape index (κ2) is 9.63. The molecule has 0 saturated carbocycles. The van der Waals surface area contributed by atoms with E-state index in [2.05, 4.69) is 52.1 Å². The van der Waals surface area contributed by atoms with E-state index in [0.717, 1.165) is 48.7 Å². The number of nitrogens with one attached hydrogen (secondary N) is 1. The number of aromatic nitrogens is 1. The number of benzene rings is 2. The van der Waals surface area contributed by atoms with Gasteiger partial charge in [-0.15, -0.1) is 11.3 Å². The monoisotopic (exact) mass is 448 g/mol. The van der Waals surface area contributed by atoms with Gasteiger partial charge in [-0.05, 0) is 62.2 Å². The standard InChI is InChI=1S/C25H28N4O2S/c1-17-4-5-21(14-18(17)2)23-16-32-25(26-23)27-24(31)15-28-10-12-29(13-11-28)22-8-6-20(7-9-22)19(3)30/h4-9,14,16H,10-13,15H2,1-3H3,(H,26,27,31). The SMILES string of the molecule is CC(=O)c1ccc(N2CCN(CC(=O)Nc3nc(-c4ccc(C)c(C)c4)cs3)CC2)cc1. The highest BCUT2D eigenvalue weighted by molar-refractivity contribution is 7.14. The maximum atomic E-state index is 12.5. The maximum absolute atomic E-state index is 12.5. The van der Waals surface area contributed by atoms with Crippen LogP contribution in [0.15, 0.2) is 47.8 Å². The van der Waals surface area contributed by atoms with Gasteiger partial charge in [0.1, 0.15) is 0 Å². The summed E-state index contributed by atoms with van der Waals surface area (Å²) in [5.74, 6) is 0.0407. The molecule has 0 radical (unpaired) electrons. The number of aryl methyl sites for hydroxylation is 2. The van der Waals surface area contributed by atoms with Crippen molar-refractivity contribution in [2.75, 3.05) is 42.9 Å². The number of ketones is 1. The Labute approximate surface area is 192 Å². The van der Waals surface area contributed by atoms with Crippen molar-refractivity contribution < 1.29 is 9.59 Å². The maximum Gasteiger partial charge on any atom is 0.240 e. The quantitative estimate of drug-likeness (QED) is 0.567. The van der Waals surface area contributed by atoms with Crippen LogP contribution in [0.2, 0.25) is 0 Å². The van der Waals surface area contributed by atoms with Crippen molar-refractivity contribution in [2.24, 2.45) is 0 Å². The van der Waals surface area contributed by atoms with Crippen LogP contribution in [0.1, 0.15) is 28.4 Å². The number of rotatable bonds is 6. The second-order valence-corrected chi connectivity index (χ2v) is 9.11. The Morgan fingerprint density at radius 3 is 2.38 bits per heavy atom. The zero-order valence-electron chi connectivity index (χ0n) is 18.7. The van der Waals surface area contributed by atoms with Crippen LogP contribution in [0, 0.1) is 13.8 Å². The van der Waals surface area contributed by atoms with Gasteiger partial charge in [-0.2, -0.15) is 0 Å². The third kappa shape index (κ3) is 5.23. The van der Waals surface area contributed by atoms with Crippen molar-refractivity contribution in [3.05, 3.63) is 64.5 Å². The molecule has 0 bridgehead atoms. The summed E-state index contributed by atoms with van der Waals surface area (Å²) in [6.07, 6.45) is 0. The summed E-state index contributed by atoms with van der Waals surface area (Å²) < 4.78 is 0. The Kier molecular flexibility index (Phi) is 6.67. The molecule has 1 saturated heterocycles. The Morgan fingerprint density at radius 1 is 1.00 bits per heavy atom. The summed E-state index contributed by atoms with van der Waals surface area (Å²) in [4.78, 5) is 33.0. The van der Waals surface area contributed by atoms with Gasteiger partial charge >= 0.3 is 0 Å². The average Bonchev–Trinajstić information content (AvgIpc) is 3.24. The molecule has 3 aromatic rings. The van der Waals surface area contributed by atoms with Crippen LogP contribution in [0.3, 0.4) is 0 Å². The van der Waals surface area contributed by atoms with Gasteiger partial charge in [-0.25, -0.2) is 4.98 Å². The first-order valence-electron chi connectivity index (χ1n) is 10.8. The minimum Gasteiger partial charge on any atom is -0.369 e. The lowest BCUT2D eigenvalue weighted by Gasteiger charge is -2.35. The number of hydrogen-bond donors (Lipinski definition) is 1. The van der Waals surface area contributed by atoms with Crippen molar-refractivity contribution in [2.45, 2.75) is 20.8 Å². The highest BCUT2D eigenvalue weighted by Crippen LogP contribution is 2.26. The zero-order valence-corrected chi connectivity index (χ0v) is 19.5. The van der Waals surface area contributed by atoms with Crippen LogP contribution in [0.4, 0.5) is 10.8 Å². The Hall–Kier alpha value is -3.03. The van der Waals surface area contributed by atoms with Crippen LogP contribution >= 0.6 is 11.3 Å². The van der Waals surface area contributed by atoms with E-state index in [0.29, 0.717) is 11.7 Å². The molecular weight excluding hydrogens is 420 g/mol. The number of hydrogen-bond acceptors (Lipinski definition) is 6. The molecule has 2 aromatic carbocycles. The molecule has 1 aromatic heterocycles. The summed E-state index contributed by atoms with van der Waals surface area (Å²) in [5, 5.41) is 5.56. The van der Waals surface area contributed by atoms with Gasteiger partial charge < -0.3 is 10.2 Å². The summed E-state index contributed by atoms with van der Waals surface area (Å²) in [5.41, 5.74) is 6.28. The molecule has 7 heteroatoms. The Bertz CT molecular complexity index is 1120. The molecule has 4 rings (SSSR count). The number of thiazole rings is 1. The molecule has 1 aliphatic heterocycles. The lowest BCUT2D eigenvalue weighted by Crippen LogP contribution is -2.48. The summed E-state index contributed by atoms with van der Waals surface area (Å²) in [7, 11) is 0. The topological polar surface area (TPSA) is 65.5 Å². The van der Waals surface area contributed by atoms with Crippen LogP contribution in [-0.4, -0.2) is 54.3 Å². The molecular formula is C25H28N4O2S. The molecule has 166 valence electrons. The smallest absolute Gasteiger partial charge is 0.240 e. The minimum absolute atomic E-state index is 0.0368. The van der Waals surface area contributed by atoms with E-state index in [9.17, 15) is 9.59 Å². The molecule has 1 fully saturated rings. The summed E-state index contributed by atoms with van der Waals surface area (Å²) in [6.45, 7) is 9.44. The van der Waals surface area contributed by atoms with E-state index in [4.69, 9.17) is 0 Å². The molecule has 0 spiro atoms. The first-order valence-corrected chi connectivity index (χ1v) is 11.7. The Morgan fingerprint density at radius 2 is 1.72 bits per heavy atom. The Balaban J connectivity index is 1.28. The number of amides is 1. The number of Topliss-reactive ketones (excluding diaryl/α,β-unsaturated/α-hetero) is 1. The zero-order chi connectivity index (χ0) is 22.7. The fourth-order valence-corrected chi connectivity index (χ4v) is 4.53. The molecule has 2 heterocycles. The van der Waals surface area contributed by atoms with Crippen molar-refractivity contribution in [3.8, 4) is 11.3 Å². The lowest BCUT2D eigenvalue weighted by atomic mass is 10.1. The van der Waals surface area contributed by atoms with Crippen LogP contribution in [0.5, 0.6) is 0 Å². The first kappa shape index (κ1) is 22.2. The van der Waals surface area contributed by atoms with Gasteiger partial charge in [-0.3, -0.25) is 14.5 Å². The van der Waals surface area contributed by atoms with Gasteiger partial charge in [0.05, 0.1) is 12.2 Å². The van der Waals surface area contributed by atoms with Crippen LogP contribution in [-0.2, 0) is 4.79 Å². The third-order valence-electron chi connectivity index (χ3n) is 5.93. The fourth-order valence-electron chi connectivity index (χ4n) is 3.80. The van der Waals surface area contributed by atoms with Crippen LogP contribution in [0.25, 0.3) is 11.3 Å². The highest BCUT2D eigenvalue weighted by atomic mass is 32.1. The van der Waals surface area contributed by atoms with Gasteiger partial charge in [0.25, 0.3) is 0 Å².